The molecule has 1 N–H and O–H groups in total. The molecule has 0 amide bonds. The molecular formula is C8H8O3. The minimum atomic E-state index is -0.841. The van der Waals surface area contributed by atoms with E-state index >= 15 is 0 Å². The van der Waals surface area contributed by atoms with Gasteiger partial charge in [0.05, 0.1) is 12.7 Å². The summed E-state index contributed by atoms with van der Waals surface area (Å²) >= 11 is 0. The van der Waals surface area contributed by atoms with Crippen molar-refractivity contribution in [3.05, 3.63) is 29.6 Å². The highest BCUT2D eigenvalue weighted by molar-refractivity contribution is 5.62. The van der Waals surface area contributed by atoms with Crippen LogP contribution < -0.4 is 0 Å². The van der Waals surface area contributed by atoms with Crippen LogP contribution >= 0.6 is 0 Å². The molecule has 1 aliphatic rings. The smallest absolute Gasteiger partial charge is 0.131 e. The van der Waals surface area contributed by atoms with Crippen LogP contribution in [0.2, 0.25) is 0 Å². The molecule has 3 heteroatoms. The molecule has 3 nitrogen and oxygen atoms in total. The molecule has 0 aromatic heterocycles. The molecule has 0 spiro atoms. The lowest BCUT2D eigenvalue weighted by Crippen LogP contribution is -2.09. The van der Waals surface area contributed by atoms with Crippen LogP contribution in [-0.2, 0) is 9.53 Å². The van der Waals surface area contributed by atoms with Crippen LogP contribution in [0.15, 0.2) is 29.6 Å². The van der Waals surface area contributed by atoms with Crippen molar-refractivity contribution >= 4 is 5.94 Å². The van der Waals surface area contributed by atoms with Gasteiger partial charge in [-0.2, -0.15) is 0 Å². The van der Waals surface area contributed by atoms with Gasteiger partial charge in [0.25, 0.3) is 0 Å². The van der Waals surface area contributed by atoms with E-state index in [1.165, 1.54) is 19.3 Å². The fourth-order valence-corrected chi connectivity index (χ4v) is 0.793. The molecule has 0 heterocycles. The zero-order valence-electron chi connectivity index (χ0n) is 6.07. The lowest BCUT2D eigenvalue weighted by Gasteiger charge is -2.10. The third-order valence-corrected chi connectivity index (χ3v) is 1.41. The predicted octanol–water partition coefficient (Wildman–Crippen LogP) is 0.205. The summed E-state index contributed by atoms with van der Waals surface area (Å²) in [5.41, 5.74) is 0.198. The molecule has 1 unspecified atom stereocenters. The molecule has 0 aliphatic heterocycles. The van der Waals surface area contributed by atoms with Gasteiger partial charge in [-0.1, -0.05) is 0 Å². The lowest BCUT2D eigenvalue weighted by atomic mass is 10.1. The molecule has 0 saturated heterocycles. The number of aliphatic hydroxyl groups excluding tert-OH is 1. The van der Waals surface area contributed by atoms with Crippen LogP contribution in [0.25, 0.3) is 0 Å². The van der Waals surface area contributed by atoms with Gasteiger partial charge in [0.1, 0.15) is 17.8 Å². The van der Waals surface area contributed by atoms with E-state index in [1.807, 2.05) is 0 Å². The van der Waals surface area contributed by atoms with Gasteiger partial charge in [-0.3, -0.25) is 0 Å². The van der Waals surface area contributed by atoms with E-state index in [0.29, 0.717) is 5.76 Å². The first-order valence-electron chi connectivity index (χ1n) is 3.15. The first kappa shape index (κ1) is 7.79. The van der Waals surface area contributed by atoms with Crippen molar-refractivity contribution in [1.29, 1.82) is 0 Å². The Balaban J connectivity index is 2.93. The Morgan fingerprint density at radius 2 is 2.45 bits per heavy atom. The molecule has 0 saturated carbocycles. The Bertz CT molecular complexity index is 257. The lowest BCUT2D eigenvalue weighted by molar-refractivity contribution is 0.254. The number of aliphatic hydroxyl groups is 1. The molecule has 0 bridgehead atoms. The van der Waals surface area contributed by atoms with Gasteiger partial charge in [-0.15, -0.1) is 0 Å². The van der Waals surface area contributed by atoms with E-state index in [2.05, 4.69) is 0 Å². The van der Waals surface area contributed by atoms with Gasteiger partial charge in [-0.25, -0.2) is 4.79 Å². The summed E-state index contributed by atoms with van der Waals surface area (Å²) in [5.74, 6) is 2.18. The Kier molecular flexibility index (Phi) is 2.26. The maximum atomic E-state index is 10.2. The van der Waals surface area contributed by atoms with E-state index in [9.17, 15) is 4.79 Å². The van der Waals surface area contributed by atoms with Crippen LogP contribution in [0, 0.1) is 0 Å². The highest BCUT2D eigenvalue weighted by Crippen LogP contribution is 2.13. The van der Waals surface area contributed by atoms with Crippen molar-refractivity contribution < 1.29 is 14.6 Å². The summed E-state index contributed by atoms with van der Waals surface area (Å²) < 4.78 is 4.84. The van der Waals surface area contributed by atoms with Crippen molar-refractivity contribution in [2.75, 3.05) is 7.11 Å². The molecule has 0 aromatic carbocycles. The van der Waals surface area contributed by atoms with E-state index in [0.717, 1.165) is 0 Å². The second-order valence-electron chi connectivity index (χ2n) is 2.11. The molecule has 11 heavy (non-hydrogen) atoms. The molecule has 0 radical (unpaired) electrons. The largest absolute Gasteiger partial charge is 0.497 e. The number of ether oxygens (including phenoxy) is 1. The normalized spacial score (nSPS) is 22.5. The predicted molar refractivity (Wildman–Crippen MR) is 39.4 cm³/mol. The average Bonchev–Trinajstić information content (AvgIpc) is 2.05. The molecule has 0 fully saturated rings. The van der Waals surface area contributed by atoms with E-state index in [1.54, 1.807) is 12.0 Å². The third kappa shape index (κ3) is 1.58. The number of hydrogen-bond acceptors (Lipinski definition) is 3. The summed E-state index contributed by atoms with van der Waals surface area (Å²) in [5, 5.41) is 9.10. The zero-order valence-corrected chi connectivity index (χ0v) is 6.07. The standard InChI is InChI=1S/C8H8O3/c1-11-7-2-3-8(10)6(4-7)5-9/h2-4,8,10H,1H3. The first-order chi connectivity index (χ1) is 5.27. The number of rotatable bonds is 1. The van der Waals surface area contributed by atoms with Crippen molar-refractivity contribution in [2.24, 2.45) is 0 Å². The average molecular weight is 152 g/mol. The van der Waals surface area contributed by atoms with Crippen LogP contribution in [0.4, 0.5) is 0 Å². The van der Waals surface area contributed by atoms with Gasteiger partial charge < -0.3 is 9.84 Å². The van der Waals surface area contributed by atoms with E-state index in [4.69, 9.17) is 9.84 Å². The topological polar surface area (TPSA) is 46.5 Å². The van der Waals surface area contributed by atoms with Gasteiger partial charge in [0, 0.05) is 0 Å². The molecule has 0 aromatic rings. The maximum Gasteiger partial charge on any atom is 0.131 e. The number of hydrogen-bond donors (Lipinski definition) is 1. The highest BCUT2D eigenvalue weighted by atomic mass is 16.5. The van der Waals surface area contributed by atoms with Crippen molar-refractivity contribution in [3.8, 4) is 0 Å². The minimum Gasteiger partial charge on any atom is -0.497 e. The van der Waals surface area contributed by atoms with Crippen molar-refractivity contribution in [3.63, 3.8) is 0 Å². The van der Waals surface area contributed by atoms with Crippen LogP contribution in [0.5, 0.6) is 0 Å². The van der Waals surface area contributed by atoms with Gasteiger partial charge in [0.2, 0.25) is 0 Å². The van der Waals surface area contributed by atoms with E-state index < -0.39 is 6.10 Å². The highest BCUT2D eigenvalue weighted by Gasteiger charge is 2.11. The molecule has 1 atom stereocenters. The minimum absolute atomic E-state index is 0.198. The molecular weight excluding hydrogens is 144 g/mol. The zero-order chi connectivity index (χ0) is 8.27. The maximum absolute atomic E-state index is 10.2. The van der Waals surface area contributed by atoms with Gasteiger partial charge in [-0.05, 0) is 18.2 Å². The molecule has 1 rings (SSSR count). The van der Waals surface area contributed by atoms with Crippen LogP contribution in [0.1, 0.15) is 0 Å². The Hall–Kier alpha value is -1.31. The molecule has 58 valence electrons. The number of allylic oxidation sites excluding steroid dienone is 1. The second-order valence-corrected chi connectivity index (χ2v) is 2.11. The summed E-state index contributed by atoms with van der Waals surface area (Å²) in [4.78, 5) is 10.2. The van der Waals surface area contributed by atoms with Crippen LogP contribution in [0.3, 0.4) is 0 Å². The number of carbonyl (C=O) groups excluding carboxylic acids is 1. The van der Waals surface area contributed by atoms with Crippen LogP contribution in [-0.4, -0.2) is 24.3 Å². The number of methoxy groups -OCH3 is 1. The first-order valence-corrected chi connectivity index (χ1v) is 3.15. The van der Waals surface area contributed by atoms with Gasteiger partial charge in [0.15, 0.2) is 0 Å². The van der Waals surface area contributed by atoms with Gasteiger partial charge >= 0.3 is 0 Å². The quantitative estimate of drug-likeness (QED) is 0.546. The summed E-state index contributed by atoms with van der Waals surface area (Å²) in [6.45, 7) is 0. The fraction of sp³-hybridized carbons (Fsp3) is 0.250. The summed E-state index contributed by atoms with van der Waals surface area (Å²) in [6, 6.07) is 0. The Labute approximate surface area is 64.3 Å². The Morgan fingerprint density at radius 3 is 3.00 bits per heavy atom. The fourth-order valence-electron chi connectivity index (χ4n) is 0.793. The second kappa shape index (κ2) is 3.19. The van der Waals surface area contributed by atoms with E-state index in [-0.39, 0.29) is 5.57 Å². The Morgan fingerprint density at radius 1 is 1.73 bits per heavy atom. The van der Waals surface area contributed by atoms with Crippen molar-refractivity contribution in [1.82, 2.24) is 0 Å². The summed E-state index contributed by atoms with van der Waals surface area (Å²) in [7, 11) is 1.50. The third-order valence-electron chi connectivity index (χ3n) is 1.41. The summed E-state index contributed by atoms with van der Waals surface area (Å²) in [6.07, 6.45) is 3.69. The van der Waals surface area contributed by atoms with Crippen molar-refractivity contribution in [2.45, 2.75) is 6.10 Å². The molecule has 1 aliphatic carbocycles. The SMILES string of the molecule is COC1=CC(=C=O)C(O)C=C1. The monoisotopic (exact) mass is 152 g/mol.